The summed E-state index contributed by atoms with van der Waals surface area (Å²) in [5, 5.41) is 20.8. The second-order valence-electron chi connectivity index (χ2n) is 8.10. The highest BCUT2D eigenvalue weighted by Crippen LogP contribution is 2.42. The number of aliphatic hydroxyl groups is 2. The van der Waals surface area contributed by atoms with Gasteiger partial charge in [0.1, 0.15) is 11.5 Å². The van der Waals surface area contributed by atoms with Crippen LogP contribution in [0.2, 0.25) is 25.7 Å². The van der Waals surface area contributed by atoms with Crippen molar-refractivity contribution in [1.29, 1.82) is 0 Å². The summed E-state index contributed by atoms with van der Waals surface area (Å²) in [6, 6.07) is 0.802. The lowest BCUT2D eigenvalue weighted by molar-refractivity contribution is -0.159. The van der Waals surface area contributed by atoms with E-state index in [0.717, 1.165) is 17.7 Å². The first-order chi connectivity index (χ1) is 12.0. The van der Waals surface area contributed by atoms with E-state index in [1.165, 1.54) is 7.11 Å². The van der Waals surface area contributed by atoms with Gasteiger partial charge < -0.3 is 24.4 Å². The van der Waals surface area contributed by atoms with Gasteiger partial charge in [-0.1, -0.05) is 25.7 Å². The van der Waals surface area contributed by atoms with Gasteiger partial charge in [0, 0.05) is 21.6 Å². The first kappa shape index (κ1) is 20.8. The van der Waals surface area contributed by atoms with E-state index < -0.39 is 43.9 Å². The maximum atomic E-state index is 12.7. The van der Waals surface area contributed by atoms with Crippen LogP contribution in [0.1, 0.15) is 13.3 Å². The van der Waals surface area contributed by atoms with Crippen molar-refractivity contribution < 1.29 is 34.0 Å². The minimum absolute atomic E-state index is 0.00667. The number of ether oxygens (including phenoxy) is 3. The Morgan fingerprint density at radius 1 is 1.38 bits per heavy atom. The van der Waals surface area contributed by atoms with Gasteiger partial charge in [0.15, 0.2) is 0 Å². The number of aliphatic hydroxyl groups excluding tert-OH is 1. The highest BCUT2D eigenvalue weighted by atomic mass is 28.3. The number of esters is 2. The van der Waals surface area contributed by atoms with E-state index in [4.69, 9.17) is 14.2 Å². The van der Waals surface area contributed by atoms with Crippen LogP contribution in [0.15, 0.2) is 23.3 Å². The molecule has 2 N–H and O–H groups in total. The molecule has 26 heavy (non-hydrogen) atoms. The summed E-state index contributed by atoms with van der Waals surface area (Å²) in [5.41, 5.74) is -1.22. The molecule has 0 bridgehead atoms. The zero-order valence-electron chi connectivity index (χ0n) is 15.9. The largest absolute Gasteiger partial charge is 0.465 e. The second-order valence-corrected chi connectivity index (χ2v) is 13.7. The maximum Gasteiger partial charge on any atom is 0.339 e. The van der Waals surface area contributed by atoms with E-state index in [1.807, 2.05) is 0 Å². The standard InChI is InChI=1S/C18H28O7Si/c1-11-8-12(16(20)24-6-7-26(3,4)5)18(22,10-14(11)23-2)13-9-15(19)25-17(13)21/h8-9,12,14-15,19,22H,6-7,10H2,1-5H3/t12-,14-,15?,18-/m1/s1. The van der Waals surface area contributed by atoms with Crippen molar-refractivity contribution in [2.75, 3.05) is 13.7 Å². The Bertz CT molecular complexity index is 634. The van der Waals surface area contributed by atoms with Crippen LogP contribution in [0.5, 0.6) is 0 Å². The second kappa shape index (κ2) is 7.64. The van der Waals surface area contributed by atoms with Crippen LogP contribution in [0.3, 0.4) is 0 Å². The first-order valence-electron chi connectivity index (χ1n) is 8.69. The van der Waals surface area contributed by atoms with Crippen LogP contribution in [0.25, 0.3) is 0 Å². The molecule has 0 saturated heterocycles. The Morgan fingerprint density at radius 3 is 2.54 bits per heavy atom. The number of hydrogen-bond donors (Lipinski definition) is 2. The summed E-state index contributed by atoms with van der Waals surface area (Å²) in [7, 11) is 0.112. The molecule has 0 radical (unpaired) electrons. The lowest BCUT2D eigenvalue weighted by atomic mass is 9.71. The Labute approximate surface area is 154 Å². The van der Waals surface area contributed by atoms with Gasteiger partial charge in [-0.2, -0.15) is 0 Å². The highest BCUT2D eigenvalue weighted by molar-refractivity contribution is 6.76. The Morgan fingerprint density at radius 2 is 2.04 bits per heavy atom. The summed E-state index contributed by atoms with van der Waals surface area (Å²) >= 11 is 0. The fourth-order valence-electron chi connectivity index (χ4n) is 3.17. The lowest BCUT2D eigenvalue weighted by Crippen LogP contribution is -2.51. The third-order valence-electron chi connectivity index (χ3n) is 4.81. The van der Waals surface area contributed by atoms with Crippen molar-refractivity contribution in [2.24, 2.45) is 5.92 Å². The molecule has 0 amide bonds. The first-order valence-corrected chi connectivity index (χ1v) is 12.4. The number of cyclic esters (lactones) is 1. The molecule has 0 saturated carbocycles. The number of methoxy groups -OCH3 is 1. The van der Waals surface area contributed by atoms with Crippen LogP contribution in [-0.4, -0.2) is 61.9 Å². The van der Waals surface area contributed by atoms with Crippen molar-refractivity contribution in [3.63, 3.8) is 0 Å². The van der Waals surface area contributed by atoms with Gasteiger partial charge in [0.05, 0.1) is 18.3 Å². The van der Waals surface area contributed by atoms with Gasteiger partial charge in [-0.15, -0.1) is 0 Å². The van der Waals surface area contributed by atoms with Gasteiger partial charge in [0.2, 0.25) is 6.29 Å². The monoisotopic (exact) mass is 384 g/mol. The van der Waals surface area contributed by atoms with E-state index in [9.17, 15) is 19.8 Å². The van der Waals surface area contributed by atoms with Gasteiger partial charge in [0.25, 0.3) is 0 Å². The summed E-state index contributed by atoms with van der Waals surface area (Å²) in [4.78, 5) is 24.8. The number of carbonyl (C=O) groups is 2. The fraction of sp³-hybridized carbons (Fsp3) is 0.667. The topological polar surface area (TPSA) is 102 Å². The Hall–Kier alpha value is -1.48. The number of hydrogen-bond acceptors (Lipinski definition) is 7. The van der Waals surface area contributed by atoms with Gasteiger partial charge in [-0.3, -0.25) is 4.79 Å². The van der Waals surface area contributed by atoms with Crippen LogP contribution in [0.4, 0.5) is 0 Å². The lowest BCUT2D eigenvalue weighted by Gasteiger charge is -2.40. The van der Waals surface area contributed by atoms with Crippen LogP contribution < -0.4 is 0 Å². The molecule has 146 valence electrons. The molecule has 1 heterocycles. The fourth-order valence-corrected chi connectivity index (χ4v) is 3.89. The van der Waals surface area contributed by atoms with Crippen molar-refractivity contribution in [1.82, 2.24) is 0 Å². The van der Waals surface area contributed by atoms with E-state index in [1.54, 1.807) is 13.0 Å². The van der Waals surface area contributed by atoms with Crippen molar-refractivity contribution in [2.45, 2.75) is 57.0 Å². The van der Waals surface area contributed by atoms with Gasteiger partial charge >= 0.3 is 11.9 Å². The molecule has 0 fully saturated rings. The molecule has 0 spiro atoms. The van der Waals surface area contributed by atoms with Crippen molar-refractivity contribution in [3.8, 4) is 0 Å². The predicted octanol–water partition coefficient (Wildman–Crippen LogP) is 1.38. The third-order valence-corrected chi connectivity index (χ3v) is 6.51. The normalized spacial score (nSPS) is 32.0. The molecule has 8 heteroatoms. The van der Waals surface area contributed by atoms with E-state index >= 15 is 0 Å². The summed E-state index contributed by atoms with van der Waals surface area (Å²) in [5.74, 6) is -2.52. The van der Waals surface area contributed by atoms with Gasteiger partial charge in [-0.05, 0) is 24.6 Å². The quantitative estimate of drug-likeness (QED) is 0.405. The van der Waals surface area contributed by atoms with E-state index in [-0.39, 0.29) is 18.6 Å². The smallest absolute Gasteiger partial charge is 0.339 e. The molecule has 7 nitrogen and oxygen atoms in total. The average molecular weight is 385 g/mol. The third kappa shape index (κ3) is 4.43. The predicted molar refractivity (Wildman–Crippen MR) is 96.9 cm³/mol. The van der Waals surface area contributed by atoms with Gasteiger partial charge in [-0.25, -0.2) is 4.79 Å². The van der Waals surface area contributed by atoms with Crippen LogP contribution in [-0.2, 0) is 23.8 Å². The molecule has 0 aromatic heterocycles. The minimum Gasteiger partial charge on any atom is -0.465 e. The summed E-state index contributed by atoms with van der Waals surface area (Å²) < 4.78 is 15.5. The molecule has 1 unspecified atom stereocenters. The molecule has 1 aliphatic heterocycles. The molecular weight excluding hydrogens is 356 g/mol. The number of carbonyl (C=O) groups excluding carboxylic acids is 2. The highest BCUT2D eigenvalue weighted by Gasteiger charge is 2.53. The SMILES string of the molecule is CO[C@@H]1C[C@](O)(C2=CC(O)OC2=O)[C@@H](C(=O)OCC[Si](C)(C)C)C=C1C. The van der Waals surface area contributed by atoms with E-state index in [0.29, 0.717) is 0 Å². The Balaban J connectivity index is 2.29. The minimum atomic E-state index is -1.86. The van der Waals surface area contributed by atoms with Crippen LogP contribution in [0, 0.1) is 5.92 Å². The van der Waals surface area contributed by atoms with Crippen molar-refractivity contribution >= 4 is 20.0 Å². The van der Waals surface area contributed by atoms with Crippen molar-refractivity contribution in [3.05, 3.63) is 23.3 Å². The molecule has 0 aromatic rings. The molecule has 4 atom stereocenters. The zero-order valence-corrected chi connectivity index (χ0v) is 16.9. The molecule has 0 aromatic carbocycles. The molecule has 2 aliphatic rings. The number of rotatable bonds is 6. The zero-order chi connectivity index (χ0) is 19.7. The molecule has 1 aliphatic carbocycles. The van der Waals surface area contributed by atoms with E-state index in [2.05, 4.69) is 19.6 Å². The van der Waals surface area contributed by atoms with Crippen LogP contribution >= 0.6 is 0 Å². The maximum absolute atomic E-state index is 12.7. The summed E-state index contributed by atoms with van der Waals surface area (Å²) in [6.45, 7) is 8.59. The molecule has 2 rings (SSSR count). The summed E-state index contributed by atoms with van der Waals surface area (Å²) in [6.07, 6.45) is 0.808. The molecular formula is C18H28O7Si. The average Bonchev–Trinajstić information content (AvgIpc) is 2.87. The Kier molecular flexibility index (Phi) is 6.12.